The third-order valence-corrected chi connectivity index (χ3v) is 3.03. The number of hydrogen-bond acceptors (Lipinski definition) is 3. The molecule has 2 aliphatic heterocycles. The van der Waals surface area contributed by atoms with Crippen LogP contribution in [0, 0.1) is 0 Å². The standard InChI is InChI=1S/C12H15NO2/c1-2-4-11-9(3-1)7-13-12(11)15-10-5-6-14-8-10/h1-4,10,12-13H,5-8H2. The summed E-state index contributed by atoms with van der Waals surface area (Å²) in [6.45, 7) is 2.48. The van der Waals surface area contributed by atoms with Gasteiger partial charge in [0, 0.05) is 13.2 Å². The largest absolute Gasteiger partial charge is 0.379 e. The number of ether oxygens (including phenoxy) is 2. The Labute approximate surface area is 89.4 Å². The van der Waals surface area contributed by atoms with Crippen LogP contribution >= 0.6 is 0 Å². The van der Waals surface area contributed by atoms with Crippen LogP contribution in [0.25, 0.3) is 0 Å². The van der Waals surface area contributed by atoms with Gasteiger partial charge < -0.3 is 9.47 Å². The summed E-state index contributed by atoms with van der Waals surface area (Å²) >= 11 is 0. The van der Waals surface area contributed by atoms with Crippen molar-refractivity contribution in [2.75, 3.05) is 13.2 Å². The summed E-state index contributed by atoms with van der Waals surface area (Å²) in [6.07, 6.45) is 1.34. The van der Waals surface area contributed by atoms with Gasteiger partial charge in [-0.1, -0.05) is 24.3 Å². The SMILES string of the molecule is c1ccc2c(c1)CNC2OC1CCOC1. The lowest BCUT2D eigenvalue weighted by atomic mass is 10.1. The Morgan fingerprint density at radius 1 is 1.33 bits per heavy atom. The summed E-state index contributed by atoms with van der Waals surface area (Å²) in [7, 11) is 0. The zero-order valence-electron chi connectivity index (χ0n) is 8.61. The van der Waals surface area contributed by atoms with Crippen molar-refractivity contribution in [3.8, 4) is 0 Å². The van der Waals surface area contributed by atoms with Crippen LogP contribution in [0.2, 0.25) is 0 Å². The molecule has 0 amide bonds. The van der Waals surface area contributed by atoms with E-state index in [1.807, 2.05) is 0 Å². The maximum absolute atomic E-state index is 5.96. The van der Waals surface area contributed by atoms with Gasteiger partial charge in [0.1, 0.15) is 6.23 Å². The lowest BCUT2D eigenvalue weighted by Gasteiger charge is -2.17. The second kappa shape index (κ2) is 3.93. The highest BCUT2D eigenvalue weighted by Gasteiger charge is 2.26. The van der Waals surface area contributed by atoms with Crippen LogP contribution in [0.3, 0.4) is 0 Å². The zero-order chi connectivity index (χ0) is 10.1. The van der Waals surface area contributed by atoms with Gasteiger partial charge in [0.15, 0.2) is 0 Å². The van der Waals surface area contributed by atoms with Gasteiger partial charge in [0.05, 0.1) is 12.7 Å². The summed E-state index contributed by atoms with van der Waals surface area (Å²) in [4.78, 5) is 0. The van der Waals surface area contributed by atoms with Gasteiger partial charge in [-0.3, -0.25) is 5.32 Å². The second-order valence-corrected chi connectivity index (χ2v) is 4.08. The highest BCUT2D eigenvalue weighted by atomic mass is 16.6. The maximum Gasteiger partial charge on any atom is 0.135 e. The lowest BCUT2D eigenvalue weighted by Crippen LogP contribution is -2.23. The summed E-state index contributed by atoms with van der Waals surface area (Å²) in [5, 5.41) is 3.37. The van der Waals surface area contributed by atoms with Gasteiger partial charge >= 0.3 is 0 Å². The Hall–Kier alpha value is -0.900. The molecule has 2 aliphatic rings. The van der Waals surface area contributed by atoms with Crippen molar-refractivity contribution < 1.29 is 9.47 Å². The third-order valence-electron chi connectivity index (χ3n) is 3.03. The molecule has 0 aromatic heterocycles. The summed E-state index contributed by atoms with van der Waals surface area (Å²) in [6, 6.07) is 8.42. The maximum atomic E-state index is 5.96. The van der Waals surface area contributed by atoms with Crippen LogP contribution in [0.1, 0.15) is 23.8 Å². The minimum absolute atomic E-state index is 0.0629. The van der Waals surface area contributed by atoms with Gasteiger partial charge in [-0.15, -0.1) is 0 Å². The number of nitrogens with one attached hydrogen (secondary N) is 1. The molecule has 15 heavy (non-hydrogen) atoms. The van der Waals surface area contributed by atoms with Crippen LogP contribution in [-0.4, -0.2) is 19.3 Å². The second-order valence-electron chi connectivity index (χ2n) is 4.08. The molecule has 1 aromatic carbocycles. The first kappa shape index (κ1) is 9.33. The van der Waals surface area contributed by atoms with E-state index in [0.29, 0.717) is 0 Å². The average molecular weight is 205 g/mol. The molecule has 2 atom stereocenters. The molecule has 0 aliphatic carbocycles. The number of hydrogen-bond donors (Lipinski definition) is 1. The van der Waals surface area contributed by atoms with E-state index in [4.69, 9.17) is 9.47 Å². The number of rotatable bonds is 2. The molecule has 0 bridgehead atoms. The summed E-state index contributed by atoms with van der Waals surface area (Å²) in [5.41, 5.74) is 2.63. The third kappa shape index (κ3) is 1.78. The van der Waals surface area contributed by atoms with E-state index in [9.17, 15) is 0 Å². The fourth-order valence-corrected chi connectivity index (χ4v) is 2.20. The molecule has 80 valence electrons. The van der Waals surface area contributed by atoms with Crippen LogP contribution in [0.15, 0.2) is 24.3 Å². The Morgan fingerprint density at radius 3 is 3.13 bits per heavy atom. The first-order valence-electron chi connectivity index (χ1n) is 5.48. The van der Waals surface area contributed by atoms with Crippen molar-refractivity contribution >= 4 is 0 Å². The fraction of sp³-hybridized carbons (Fsp3) is 0.500. The Morgan fingerprint density at radius 2 is 2.27 bits per heavy atom. The highest BCUT2D eigenvalue weighted by Crippen LogP contribution is 2.28. The van der Waals surface area contributed by atoms with E-state index in [1.165, 1.54) is 11.1 Å². The lowest BCUT2D eigenvalue weighted by molar-refractivity contribution is -0.0293. The molecule has 1 N–H and O–H groups in total. The molecule has 2 unspecified atom stereocenters. The van der Waals surface area contributed by atoms with Gasteiger partial charge in [0.2, 0.25) is 0 Å². The van der Waals surface area contributed by atoms with Crippen LogP contribution < -0.4 is 5.32 Å². The molecule has 1 aromatic rings. The van der Waals surface area contributed by atoms with Crippen molar-refractivity contribution in [3.05, 3.63) is 35.4 Å². The zero-order valence-corrected chi connectivity index (χ0v) is 8.61. The molecule has 0 spiro atoms. The van der Waals surface area contributed by atoms with Crippen molar-refractivity contribution in [1.29, 1.82) is 0 Å². The Bertz CT molecular complexity index is 347. The van der Waals surface area contributed by atoms with E-state index < -0.39 is 0 Å². The fourth-order valence-electron chi connectivity index (χ4n) is 2.20. The van der Waals surface area contributed by atoms with Crippen molar-refractivity contribution in [2.45, 2.75) is 25.3 Å². The Kier molecular flexibility index (Phi) is 2.44. The highest BCUT2D eigenvalue weighted by molar-refractivity contribution is 5.32. The smallest absolute Gasteiger partial charge is 0.135 e. The minimum atomic E-state index is 0.0629. The van der Waals surface area contributed by atoms with Gasteiger partial charge in [-0.25, -0.2) is 0 Å². The van der Waals surface area contributed by atoms with Crippen molar-refractivity contribution in [3.63, 3.8) is 0 Å². The number of benzene rings is 1. The predicted molar refractivity (Wildman–Crippen MR) is 56.3 cm³/mol. The molecule has 0 saturated carbocycles. The van der Waals surface area contributed by atoms with Crippen molar-refractivity contribution in [2.24, 2.45) is 0 Å². The molecule has 1 saturated heterocycles. The predicted octanol–water partition coefficient (Wildman–Crippen LogP) is 1.59. The minimum Gasteiger partial charge on any atom is -0.379 e. The molecule has 3 nitrogen and oxygen atoms in total. The molecular weight excluding hydrogens is 190 g/mol. The van der Waals surface area contributed by atoms with E-state index in [0.717, 1.165) is 26.2 Å². The van der Waals surface area contributed by atoms with Crippen molar-refractivity contribution in [1.82, 2.24) is 5.32 Å². The van der Waals surface area contributed by atoms with E-state index in [-0.39, 0.29) is 12.3 Å². The van der Waals surface area contributed by atoms with Crippen LogP contribution in [0.5, 0.6) is 0 Å². The molecule has 3 heteroatoms. The first-order chi connectivity index (χ1) is 7.43. The monoisotopic (exact) mass is 205 g/mol. The molecule has 3 rings (SSSR count). The van der Waals surface area contributed by atoms with Gasteiger partial charge in [0.25, 0.3) is 0 Å². The van der Waals surface area contributed by atoms with Crippen LogP contribution in [-0.2, 0) is 16.0 Å². The topological polar surface area (TPSA) is 30.5 Å². The summed E-state index contributed by atoms with van der Waals surface area (Å²) in [5.74, 6) is 0. The molecule has 1 fully saturated rings. The summed E-state index contributed by atoms with van der Waals surface area (Å²) < 4.78 is 11.3. The number of fused-ring (bicyclic) bond motifs is 1. The van der Waals surface area contributed by atoms with E-state index in [2.05, 4.69) is 29.6 Å². The molecule has 2 heterocycles. The molecule has 0 radical (unpaired) electrons. The quantitative estimate of drug-likeness (QED) is 0.795. The normalized spacial score (nSPS) is 29.3. The van der Waals surface area contributed by atoms with E-state index >= 15 is 0 Å². The van der Waals surface area contributed by atoms with Crippen LogP contribution in [0.4, 0.5) is 0 Å². The van der Waals surface area contributed by atoms with Gasteiger partial charge in [-0.05, 0) is 17.5 Å². The first-order valence-corrected chi connectivity index (χ1v) is 5.48. The van der Waals surface area contributed by atoms with Gasteiger partial charge in [-0.2, -0.15) is 0 Å². The average Bonchev–Trinajstić information content (AvgIpc) is 2.89. The molecular formula is C12H15NO2. The Balaban J connectivity index is 1.73. The van der Waals surface area contributed by atoms with E-state index in [1.54, 1.807) is 0 Å².